The van der Waals surface area contributed by atoms with Crippen LogP contribution in [0.25, 0.3) is 0 Å². The third-order valence-corrected chi connectivity index (χ3v) is 4.00. The highest BCUT2D eigenvalue weighted by Crippen LogP contribution is 2.27. The van der Waals surface area contributed by atoms with Crippen molar-refractivity contribution in [2.45, 2.75) is 26.8 Å². The molecule has 0 aliphatic heterocycles. The van der Waals surface area contributed by atoms with Gasteiger partial charge in [0.2, 0.25) is 0 Å². The lowest BCUT2D eigenvalue weighted by Crippen LogP contribution is -2.15. The Labute approximate surface area is 123 Å². The van der Waals surface area contributed by atoms with Crippen LogP contribution in [-0.2, 0) is 0 Å². The zero-order valence-electron chi connectivity index (χ0n) is 11.0. The minimum absolute atomic E-state index is 0.0393. The molecule has 2 aromatic carbocycles. The average molecular weight is 351 g/mol. The molecule has 2 N–H and O–H groups in total. The summed E-state index contributed by atoms with van der Waals surface area (Å²) < 4.78 is 1.24. The molecule has 0 saturated carbocycles. The normalized spacial score (nSPS) is 12.5. The number of aryl methyl sites for hydroxylation is 3. The molecule has 0 heterocycles. The Balaban J connectivity index is 2.46. The van der Waals surface area contributed by atoms with Crippen LogP contribution in [0.1, 0.15) is 33.9 Å². The quantitative estimate of drug-likeness (QED) is 0.804. The van der Waals surface area contributed by atoms with Gasteiger partial charge in [0, 0.05) is 3.57 Å². The summed E-state index contributed by atoms with van der Waals surface area (Å²) in [6.07, 6.45) is 0. The zero-order chi connectivity index (χ0) is 13.3. The van der Waals surface area contributed by atoms with Crippen LogP contribution < -0.4 is 5.73 Å². The van der Waals surface area contributed by atoms with Crippen molar-refractivity contribution in [3.8, 4) is 0 Å². The summed E-state index contributed by atoms with van der Waals surface area (Å²) in [5.74, 6) is 0. The Morgan fingerprint density at radius 2 is 1.44 bits per heavy atom. The number of rotatable bonds is 2. The van der Waals surface area contributed by atoms with Crippen LogP contribution in [0.3, 0.4) is 0 Å². The molecule has 2 aromatic rings. The Bertz CT molecular complexity index is 535. The van der Waals surface area contributed by atoms with E-state index in [0.717, 1.165) is 0 Å². The predicted molar refractivity (Wildman–Crippen MR) is 85.8 cm³/mol. The second kappa shape index (κ2) is 5.41. The molecular formula is C16H18IN. The minimum atomic E-state index is -0.0393. The van der Waals surface area contributed by atoms with Crippen LogP contribution in [0.2, 0.25) is 0 Å². The van der Waals surface area contributed by atoms with Gasteiger partial charge in [0.05, 0.1) is 6.04 Å². The summed E-state index contributed by atoms with van der Waals surface area (Å²) in [5.41, 5.74) is 12.7. The highest BCUT2D eigenvalue weighted by Gasteiger charge is 2.14. The van der Waals surface area contributed by atoms with E-state index in [1.54, 1.807) is 0 Å². The maximum atomic E-state index is 6.42. The number of nitrogens with two attached hydrogens (primary N) is 1. The summed E-state index contributed by atoms with van der Waals surface area (Å²) in [7, 11) is 0. The number of hydrogen-bond acceptors (Lipinski definition) is 1. The van der Waals surface area contributed by atoms with Crippen molar-refractivity contribution in [2.24, 2.45) is 5.73 Å². The van der Waals surface area contributed by atoms with Crippen LogP contribution >= 0.6 is 22.6 Å². The predicted octanol–water partition coefficient (Wildman–Crippen LogP) is 4.26. The smallest absolute Gasteiger partial charge is 0.0556 e. The van der Waals surface area contributed by atoms with E-state index in [9.17, 15) is 0 Å². The van der Waals surface area contributed by atoms with E-state index >= 15 is 0 Å². The summed E-state index contributed by atoms with van der Waals surface area (Å²) in [5, 5.41) is 0. The van der Waals surface area contributed by atoms with Gasteiger partial charge >= 0.3 is 0 Å². The van der Waals surface area contributed by atoms with Crippen molar-refractivity contribution in [3.63, 3.8) is 0 Å². The van der Waals surface area contributed by atoms with Crippen LogP contribution in [0, 0.1) is 24.3 Å². The lowest BCUT2D eigenvalue weighted by atomic mass is 9.91. The van der Waals surface area contributed by atoms with Crippen molar-refractivity contribution in [3.05, 3.63) is 67.8 Å². The van der Waals surface area contributed by atoms with Gasteiger partial charge in [0.15, 0.2) is 0 Å². The summed E-state index contributed by atoms with van der Waals surface area (Å²) in [4.78, 5) is 0. The molecule has 0 saturated heterocycles. The molecule has 1 atom stereocenters. The van der Waals surface area contributed by atoms with Crippen molar-refractivity contribution < 1.29 is 0 Å². The van der Waals surface area contributed by atoms with Crippen molar-refractivity contribution in [2.75, 3.05) is 0 Å². The lowest BCUT2D eigenvalue weighted by Gasteiger charge is -2.19. The average Bonchev–Trinajstić information content (AvgIpc) is 2.28. The fourth-order valence-corrected chi connectivity index (χ4v) is 2.88. The van der Waals surface area contributed by atoms with E-state index in [-0.39, 0.29) is 6.04 Å². The molecule has 1 unspecified atom stereocenters. The fourth-order valence-electron chi connectivity index (χ4n) is 2.52. The zero-order valence-corrected chi connectivity index (χ0v) is 13.2. The molecule has 0 spiro atoms. The van der Waals surface area contributed by atoms with E-state index < -0.39 is 0 Å². The van der Waals surface area contributed by atoms with E-state index in [4.69, 9.17) is 5.73 Å². The first-order chi connectivity index (χ1) is 8.49. The number of halogens is 1. The van der Waals surface area contributed by atoms with Crippen molar-refractivity contribution >= 4 is 22.6 Å². The molecule has 0 aliphatic rings. The molecule has 0 aromatic heterocycles. The Morgan fingerprint density at radius 3 is 1.94 bits per heavy atom. The first-order valence-electron chi connectivity index (χ1n) is 6.08. The second-order valence-corrected chi connectivity index (χ2v) is 6.09. The van der Waals surface area contributed by atoms with Gasteiger partial charge in [0.1, 0.15) is 0 Å². The van der Waals surface area contributed by atoms with Gasteiger partial charge in [-0.15, -0.1) is 0 Å². The Hall–Kier alpha value is -0.870. The molecule has 0 aliphatic carbocycles. The SMILES string of the molecule is Cc1cc(C)c(C(N)c2ccc(I)cc2)c(C)c1. The molecule has 0 radical (unpaired) electrons. The van der Waals surface area contributed by atoms with Crippen LogP contribution in [0.5, 0.6) is 0 Å². The van der Waals surface area contributed by atoms with Crippen molar-refractivity contribution in [1.29, 1.82) is 0 Å². The van der Waals surface area contributed by atoms with Crippen LogP contribution in [0.4, 0.5) is 0 Å². The highest BCUT2D eigenvalue weighted by atomic mass is 127. The monoisotopic (exact) mass is 351 g/mol. The van der Waals surface area contributed by atoms with Crippen molar-refractivity contribution in [1.82, 2.24) is 0 Å². The van der Waals surface area contributed by atoms with Gasteiger partial charge in [0.25, 0.3) is 0 Å². The third kappa shape index (κ3) is 2.75. The van der Waals surface area contributed by atoms with Gasteiger partial charge < -0.3 is 5.73 Å². The Kier molecular flexibility index (Phi) is 4.07. The summed E-state index contributed by atoms with van der Waals surface area (Å²) in [6, 6.07) is 12.8. The van der Waals surface area contributed by atoms with E-state index in [1.165, 1.54) is 31.4 Å². The van der Waals surface area contributed by atoms with Crippen LogP contribution in [0.15, 0.2) is 36.4 Å². The minimum Gasteiger partial charge on any atom is -0.320 e. The largest absolute Gasteiger partial charge is 0.320 e. The maximum Gasteiger partial charge on any atom is 0.0556 e. The fraction of sp³-hybridized carbons (Fsp3) is 0.250. The molecule has 94 valence electrons. The second-order valence-electron chi connectivity index (χ2n) is 4.84. The Morgan fingerprint density at radius 1 is 0.944 bits per heavy atom. The van der Waals surface area contributed by atoms with Gasteiger partial charge in [-0.1, -0.05) is 29.8 Å². The highest BCUT2D eigenvalue weighted by molar-refractivity contribution is 14.1. The van der Waals surface area contributed by atoms with Gasteiger partial charge in [-0.05, 0) is 77.7 Å². The number of benzene rings is 2. The summed E-state index contributed by atoms with van der Waals surface area (Å²) >= 11 is 2.31. The van der Waals surface area contributed by atoms with E-state index in [0.29, 0.717) is 0 Å². The molecular weight excluding hydrogens is 333 g/mol. The molecule has 2 rings (SSSR count). The van der Waals surface area contributed by atoms with Gasteiger partial charge in [-0.2, -0.15) is 0 Å². The van der Waals surface area contributed by atoms with Gasteiger partial charge in [-0.3, -0.25) is 0 Å². The van der Waals surface area contributed by atoms with E-state index in [1.807, 2.05) is 0 Å². The molecule has 0 bridgehead atoms. The lowest BCUT2D eigenvalue weighted by molar-refractivity contribution is 0.850. The first kappa shape index (κ1) is 13.6. The van der Waals surface area contributed by atoms with E-state index in [2.05, 4.69) is 79.8 Å². The molecule has 1 nitrogen and oxygen atoms in total. The standard InChI is InChI=1S/C16H18IN/c1-10-8-11(2)15(12(3)9-10)16(18)13-4-6-14(17)7-5-13/h4-9,16H,18H2,1-3H3. The van der Waals surface area contributed by atoms with Crippen LogP contribution in [-0.4, -0.2) is 0 Å². The molecule has 0 amide bonds. The number of hydrogen-bond donors (Lipinski definition) is 1. The molecule has 0 fully saturated rings. The van der Waals surface area contributed by atoms with Gasteiger partial charge in [-0.25, -0.2) is 0 Å². The summed E-state index contributed by atoms with van der Waals surface area (Å²) in [6.45, 7) is 6.41. The topological polar surface area (TPSA) is 26.0 Å². The maximum absolute atomic E-state index is 6.42. The molecule has 2 heteroatoms. The first-order valence-corrected chi connectivity index (χ1v) is 7.15. The molecule has 18 heavy (non-hydrogen) atoms. The third-order valence-electron chi connectivity index (χ3n) is 3.28.